The first-order chi connectivity index (χ1) is 18.9. The van der Waals surface area contributed by atoms with Crippen LogP contribution in [0.15, 0.2) is 41.3 Å². The summed E-state index contributed by atoms with van der Waals surface area (Å²) in [5, 5.41) is 21.3. The fourth-order valence-corrected chi connectivity index (χ4v) is 4.83. The van der Waals surface area contributed by atoms with Crippen LogP contribution in [-0.4, -0.2) is 60.1 Å². The summed E-state index contributed by atoms with van der Waals surface area (Å²) in [5.41, 5.74) is 3.37. The predicted octanol–water partition coefficient (Wildman–Crippen LogP) is 4.61. The van der Waals surface area contributed by atoms with Gasteiger partial charge in [0.25, 0.3) is 10.0 Å². The van der Waals surface area contributed by atoms with E-state index in [9.17, 15) is 40.3 Å². The van der Waals surface area contributed by atoms with Crippen molar-refractivity contribution in [2.24, 2.45) is 0 Å². The molecule has 0 spiro atoms. The lowest BCUT2D eigenvalue weighted by atomic mass is 10.1. The van der Waals surface area contributed by atoms with Gasteiger partial charge in [-0.25, -0.2) is 26.8 Å². The molecule has 0 atom stereocenters. The third-order valence-corrected chi connectivity index (χ3v) is 7.24. The van der Waals surface area contributed by atoms with Gasteiger partial charge in [0.15, 0.2) is 11.6 Å². The zero-order chi connectivity index (χ0) is 31.3. The van der Waals surface area contributed by atoms with Gasteiger partial charge in [0.1, 0.15) is 0 Å². The largest absolute Gasteiger partial charge is 0.490 e. The van der Waals surface area contributed by atoms with Crippen LogP contribution in [0, 0.1) is 25.5 Å². The van der Waals surface area contributed by atoms with E-state index in [0.717, 1.165) is 29.6 Å². The van der Waals surface area contributed by atoms with E-state index in [-0.39, 0.29) is 11.3 Å². The normalized spacial score (nSPS) is 11.4. The number of rotatable bonds is 9. The van der Waals surface area contributed by atoms with Crippen molar-refractivity contribution in [3.8, 4) is 0 Å². The number of nitrogens with zero attached hydrogens (tertiary/aromatic N) is 3. The monoisotopic (exact) mass is 606 g/mol. The second-order valence-electron chi connectivity index (χ2n) is 8.66. The summed E-state index contributed by atoms with van der Waals surface area (Å²) in [6.07, 6.45) is -4.43. The first kappa shape index (κ1) is 33.0. The molecule has 0 saturated carbocycles. The van der Waals surface area contributed by atoms with Crippen LogP contribution in [-0.2, 0) is 27.8 Å². The second-order valence-corrected chi connectivity index (χ2v) is 10.3. The number of anilines is 2. The standard InChI is InChI=1S/C23H26F2N4O4S.C2HF3O2/c1-5-29-15(3)18(14(2)26-29)10-11-28(4)22-9-6-16(12-19(22)23(30)31)27-34(32,33)17-7-8-20(24)21(25)13-17;3-2(4,5)1(6)7/h6-9,12-13,27H,5,10-11H2,1-4H3,(H,30,31);(H,6,7). The molecule has 41 heavy (non-hydrogen) atoms. The number of likely N-dealkylation sites (N-methyl/N-ethyl adjacent to an activating group) is 1. The molecule has 0 unspecified atom stereocenters. The van der Waals surface area contributed by atoms with Crippen LogP contribution >= 0.6 is 0 Å². The Morgan fingerprint density at radius 3 is 2.15 bits per heavy atom. The van der Waals surface area contributed by atoms with Gasteiger partial charge < -0.3 is 15.1 Å². The third kappa shape index (κ3) is 8.39. The first-order valence-corrected chi connectivity index (χ1v) is 13.3. The molecule has 0 saturated heterocycles. The first-order valence-electron chi connectivity index (χ1n) is 11.8. The number of aliphatic carboxylic acids is 1. The van der Waals surface area contributed by atoms with Gasteiger partial charge in [0, 0.05) is 31.5 Å². The van der Waals surface area contributed by atoms with Gasteiger partial charge in [-0.2, -0.15) is 18.3 Å². The molecule has 0 aliphatic carbocycles. The molecule has 224 valence electrons. The molecule has 3 aromatic rings. The van der Waals surface area contributed by atoms with Gasteiger partial charge in [0.2, 0.25) is 0 Å². The number of aromatic nitrogens is 2. The van der Waals surface area contributed by atoms with E-state index in [1.54, 1.807) is 11.9 Å². The number of benzene rings is 2. The van der Waals surface area contributed by atoms with Gasteiger partial charge in [-0.3, -0.25) is 9.40 Å². The number of hydrogen-bond acceptors (Lipinski definition) is 6. The summed E-state index contributed by atoms with van der Waals surface area (Å²) < 4.78 is 87.6. The van der Waals surface area contributed by atoms with Crippen LogP contribution in [0.5, 0.6) is 0 Å². The van der Waals surface area contributed by atoms with E-state index < -0.39 is 44.7 Å². The number of sulfonamides is 1. The number of hydrogen-bond donors (Lipinski definition) is 3. The average molecular weight is 607 g/mol. The number of alkyl halides is 3. The molecule has 0 radical (unpaired) electrons. The van der Waals surface area contributed by atoms with E-state index >= 15 is 0 Å². The van der Waals surface area contributed by atoms with Crippen LogP contribution in [0.1, 0.15) is 34.2 Å². The van der Waals surface area contributed by atoms with Crippen molar-refractivity contribution in [1.82, 2.24) is 9.78 Å². The fraction of sp³-hybridized carbons (Fsp3) is 0.320. The predicted molar refractivity (Wildman–Crippen MR) is 139 cm³/mol. The maximum absolute atomic E-state index is 13.5. The number of halogens is 5. The van der Waals surface area contributed by atoms with Crippen molar-refractivity contribution in [3.05, 3.63) is 70.5 Å². The molecule has 0 aliphatic rings. The lowest BCUT2D eigenvalue weighted by Gasteiger charge is -2.22. The molecular formula is C25H27F5N4O6S. The van der Waals surface area contributed by atoms with Crippen molar-refractivity contribution in [3.63, 3.8) is 0 Å². The van der Waals surface area contributed by atoms with Crippen molar-refractivity contribution < 1.29 is 50.2 Å². The minimum Gasteiger partial charge on any atom is -0.478 e. The quantitative estimate of drug-likeness (QED) is 0.300. The number of carbonyl (C=O) groups is 2. The van der Waals surface area contributed by atoms with E-state index in [0.29, 0.717) is 30.8 Å². The van der Waals surface area contributed by atoms with Crippen LogP contribution in [0.4, 0.5) is 33.3 Å². The zero-order valence-electron chi connectivity index (χ0n) is 22.3. The molecule has 0 fully saturated rings. The Morgan fingerprint density at radius 2 is 1.66 bits per heavy atom. The molecule has 10 nitrogen and oxygen atoms in total. The summed E-state index contributed by atoms with van der Waals surface area (Å²) in [6, 6.07) is 6.30. The lowest BCUT2D eigenvalue weighted by Crippen LogP contribution is -2.23. The van der Waals surface area contributed by atoms with Gasteiger partial charge in [0.05, 0.1) is 21.8 Å². The number of carboxylic acids is 2. The fourth-order valence-electron chi connectivity index (χ4n) is 3.77. The van der Waals surface area contributed by atoms with Gasteiger partial charge in [-0.1, -0.05) is 0 Å². The SMILES string of the molecule is CCn1nc(C)c(CCN(C)c2ccc(NS(=O)(=O)c3ccc(F)c(F)c3)cc2C(=O)O)c1C.O=C(O)C(F)(F)F. The highest BCUT2D eigenvalue weighted by atomic mass is 32.2. The number of aromatic carboxylic acids is 1. The Balaban J connectivity index is 0.000000745. The summed E-state index contributed by atoms with van der Waals surface area (Å²) in [5.74, 6) is -6.47. The number of nitrogens with one attached hydrogen (secondary N) is 1. The van der Waals surface area contributed by atoms with Crippen LogP contribution in [0.2, 0.25) is 0 Å². The number of aryl methyl sites for hydroxylation is 2. The highest BCUT2D eigenvalue weighted by Gasteiger charge is 2.38. The van der Waals surface area contributed by atoms with Crippen molar-refractivity contribution in [2.75, 3.05) is 23.2 Å². The highest BCUT2D eigenvalue weighted by molar-refractivity contribution is 7.92. The van der Waals surface area contributed by atoms with Crippen molar-refractivity contribution in [2.45, 2.75) is 44.8 Å². The van der Waals surface area contributed by atoms with Gasteiger partial charge in [-0.15, -0.1) is 0 Å². The molecule has 2 aromatic carbocycles. The zero-order valence-corrected chi connectivity index (χ0v) is 23.1. The Bertz CT molecular complexity index is 1540. The van der Waals surface area contributed by atoms with Gasteiger partial charge >= 0.3 is 18.1 Å². The van der Waals surface area contributed by atoms with E-state index in [1.165, 1.54) is 18.2 Å². The second kappa shape index (κ2) is 13.0. The third-order valence-electron chi connectivity index (χ3n) is 5.86. The number of carboxylic acid groups (broad SMARTS) is 2. The van der Waals surface area contributed by atoms with Crippen LogP contribution in [0.25, 0.3) is 0 Å². The molecule has 1 heterocycles. The van der Waals surface area contributed by atoms with Crippen LogP contribution in [0.3, 0.4) is 0 Å². The molecule has 0 aliphatic heterocycles. The smallest absolute Gasteiger partial charge is 0.478 e. The summed E-state index contributed by atoms with van der Waals surface area (Å²) in [6.45, 7) is 7.21. The Morgan fingerprint density at radius 1 is 1.05 bits per heavy atom. The highest BCUT2D eigenvalue weighted by Crippen LogP contribution is 2.27. The average Bonchev–Trinajstić information content (AvgIpc) is 3.15. The molecule has 3 rings (SSSR count). The minimum atomic E-state index is -5.08. The summed E-state index contributed by atoms with van der Waals surface area (Å²) >= 11 is 0. The van der Waals surface area contributed by atoms with E-state index in [2.05, 4.69) is 9.82 Å². The van der Waals surface area contributed by atoms with Gasteiger partial charge in [-0.05, 0) is 69.2 Å². The Labute approximate surface area is 232 Å². The summed E-state index contributed by atoms with van der Waals surface area (Å²) in [4.78, 5) is 22.1. The minimum absolute atomic E-state index is 0.0183. The lowest BCUT2D eigenvalue weighted by molar-refractivity contribution is -0.192. The topological polar surface area (TPSA) is 142 Å². The summed E-state index contributed by atoms with van der Waals surface area (Å²) in [7, 11) is -2.50. The van der Waals surface area contributed by atoms with Crippen LogP contribution < -0.4 is 9.62 Å². The molecule has 1 aromatic heterocycles. The molecule has 0 bridgehead atoms. The van der Waals surface area contributed by atoms with Crippen molar-refractivity contribution in [1.29, 1.82) is 0 Å². The molecule has 3 N–H and O–H groups in total. The van der Waals surface area contributed by atoms with E-state index in [1.807, 2.05) is 25.5 Å². The maximum atomic E-state index is 13.5. The molecule has 16 heteroatoms. The Kier molecular flexibility index (Phi) is 10.4. The molecule has 0 amide bonds. The molecular weight excluding hydrogens is 579 g/mol. The Hall–Kier alpha value is -4.21. The van der Waals surface area contributed by atoms with E-state index in [4.69, 9.17) is 9.90 Å². The maximum Gasteiger partial charge on any atom is 0.490 e. The van der Waals surface area contributed by atoms with Crippen molar-refractivity contribution >= 4 is 33.3 Å².